The SMILES string of the molecule is CCCC(=O)OCC1CCCN1C(=O)OC(C)(C)C. The quantitative estimate of drug-likeness (QED) is 0.738. The molecule has 1 amide bonds. The maximum Gasteiger partial charge on any atom is 0.410 e. The lowest BCUT2D eigenvalue weighted by Crippen LogP contribution is -2.42. The largest absolute Gasteiger partial charge is 0.463 e. The van der Waals surface area contributed by atoms with Crippen LogP contribution in [0.4, 0.5) is 4.79 Å². The van der Waals surface area contributed by atoms with Gasteiger partial charge in [-0.3, -0.25) is 4.79 Å². The van der Waals surface area contributed by atoms with Crippen molar-refractivity contribution >= 4 is 12.1 Å². The van der Waals surface area contributed by atoms with Crippen LogP contribution in [0.3, 0.4) is 0 Å². The van der Waals surface area contributed by atoms with Gasteiger partial charge in [0.25, 0.3) is 0 Å². The van der Waals surface area contributed by atoms with E-state index in [1.807, 2.05) is 27.7 Å². The van der Waals surface area contributed by atoms with Crippen LogP contribution in [0.5, 0.6) is 0 Å². The van der Waals surface area contributed by atoms with Gasteiger partial charge < -0.3 is 14.4 Å². The number of rotatable bonds is 4. The fourth-order valence-electron chi connectivity index (χ4n) is 2.04. The number of hydrogen-bond donors (Lipinski definition) is 0. The summed E-state index contributed by atoms with van der Waals surface area (Å²) in [7, 11) is 0. The van der Waals surface area contributed by atoms with Crippen LogP contribution in [-0.2, 0) is 14.3 Å². The zero-order valence-corrected chi connectivity index (χ0v) is 12.4. The number of carbonyl (C=O) groups is 2. The third-order valence-corrected chi connectivity index (χ3v) is 2.90. The molecule has 0 saturated carbocycles. The van der Waals surface area contributed by atoms with Crippen LogP contribution in [0.2, 0.25) is 0 Å². The van der Waals surface area contributed by atoms with E-state index in [9.17, 15) is 9.59 Å². The molecule has 0 spiro atoms. The molecule has 0 radical (unpaired) electrons. The predicted molar refractivity (Wildman–Crippen MR) is 71.8 cm³/mol. The van der Waals surface area contributed by atoms with Gasteiger partial charge in [-0.05, 0) is 40.0 Å². The molecule has 1 atom stereocenters. The van der Waals surface area contributed by atoms with E-state index in [-0.39, 0.29) is 24.7 Å². The average Bonchev–Trinajstić information content (AvgIpc) is 2.72. The highest BCUT2D eigenvalue weighted by atomic mass is 16.6. The normalized spacial score (nSPS) is 19.4. The Labute approximate surface area is 115 Å². The Kier molecular flexibility index (Phi) is 5.63. The summed E-state index contributed by atoms with van der Waals surface area (Å²) in [5.74, 6) is -0.196. The molecule has 0 bridgehead atoms. The lowest BCUT2D eigenvalue weighted by atomic mass is 10.2. The molecule has 0 aromatic carbocycles. The maximum atomic E-state index is 12.0. The molecule has 1 heterocycles. The molecule has 0 aliphatic carbocycles. The molecule has 1 rings (SSSR count). The van der Waals surface area contributed by atoms with Gasteiger partial charge in [0.2, 0.25) is 0 Å². The Hall–Kier alpha value is -1.26. The second-order valence-corrected chi connectivity index (χ2v) is 5.90. The van der Waals surface area contributed by atoms with Crippen molar-refractivity contribution in [2.75, 3.05) is 13.2 Å². The van der Waals surface area contributed by atoms with Crippen molar-refractivity contribution < 1.29 is 19.1 Å². The van der Waals surface area contributed by atoms with Crippen molar-refractivity contribution in [2.45, 2.75) is 65.0 Å². The second kappa shape index (κ2) is 6.78. The first-order valence-electron chi connectivity index (χ1n) is 6.98. The molecule has 1 fully saturated rings. The smallest absolute Gasteiger partial charge is 0.410 e. The van der Waals surface area contributed by atoms with Crippen molar-refractivity contribution in [1.29, 1.82) is 0 Å². The predicted octanol–water partition coefficient (Wildman–Crippen LogP) is 2.73. The molecule has 1 aliphatic heterocycles. The fourth-order valence-corrected chi connectivity index (χ4v) is 2.04. The minimum atomic E-state index is -0.497. The molecular weight excluding hydrogens is 246 g/mol. The number of amides is 1. The minimum Gasteiger partial charge on any atom is -0.463 e. The summed E-state index contributed by atoms with van der Waals surface area (Å²) >= 11 is 0. The lowest BCUT2D eigenvalue weighted by Gasteiger charge is -2.28. The van der Waals surface area contributed by atoms with Gasteiger partial charge in [-0.25, -0.2) is 4.79 Å². The van der Waals surface area contributed by atoms with Gasteiger partial charge in [-0.2, -0.15) is 0 Å². The molecule has 1 unspecified atom stereocenters. The average molecular weight is 271 g/mol. The lowest BCUT2D eigenvalue weighted by molar-refractivity contribution is -0.145. The van der Waals surface area contributed by atoms with Crippen LogP contribution >= 0.6 is 0 Å². The van der Waals surface area contributed by atoms with Gasteiger partial charge >= 0.3 is 12.1 Å². The van der Waals surface area contributed by atoms with Gasteiger partial charge in [0.1, 0.15) is 12.2 Å². The van der Waals surface area contributed by atoms with Crippen molar-refractivity contribution in [3.63, 3.8) is 0 Å². The third-order valence-electron chi connectivity index (χ3n) is 2.90. The van der Waals surface area contributed by atoms with Gasteiger partial charge in [-0.15, -0.1) is 0 Å². The van der Waals surface area contributed by atoms with E-state index in [0.717, 1.165) is 19.3 Å². The summed E-state index contributed by atoms with van der Waals surface area (Å²) in [6, 6.07) is -0.0457. The highest BCUT2D eigenvalue weighted by Crippen LogP contribution is 2.21. The number of carbonyl (C=O) groups excluding carboxylic acids is 2. The Morgan fingerprint density at radius 1 is 1.32 bits per heavy atom. The number of nitrogens with zero attached hydrogens (tertiary/aromatic N) is 1. The topological polar surface area (TPSA) is 55.8 Å². The zero-order valence-electron chi connectivity index (χ0n) is 12.4. The molecule has 5 heteroatoms. The summed E-state index contributed by atoms with van der Waals surface area (Å²) in [6.45, 7) is 8.42. The van der Waals surface area contributed by atoms with Crippen LogP contribution in [0, 0.1) is 0 Å². The number of ether oxygens (including phenoxy) is 2. The zero-order chi connectivity index (χ0) is 14.5. The summed E-state index contributed by atoms with van der Waals surface area (Å²) in [5.41, 5.74) is -0.497. The Morgan fingerprint density at radius 2 is 2.00 bits per heavy atom. The summed E-state index contributed by atoms with van der Waals surface area (Å²) in [5, 5.41) is 0. The molecule has 0 aromatic rings. The van der Waals surface area contributed by atoms with Crippen LogP contribution in [0.15, 0.2) is 0 Å². The van der Waals surface area contributed by atoms with Gasteiger partial charge in [0.15, 0.2) is 0 Å². The molecular formula is C14H25NO4. The van der Waals surface area contributed by atoms with E-state index in [1.165, 1.54) is 0 Å². The van der Waals surface area contributed by atoms with Crippen LogP contribution in [0.1, 0.15) is 53.4 Å². The molecule has 1 saturated heterocycles. The standard InChI is InChI=1S/C14H25NO4/c1-5-7-12(16)18-10-11-8-6-9-15(11)13(17)19-14(2,3)4/h11H,5-10H2,1-4H3. The molecule has 1 aliphatic rings. The van der Waals surface area contributed by atoms with Gasteiger partial charge in [-0.1, -0.05) is 6.92 Å². The molecule has 0 N–H and O–H groups in total. The number of esters is 1. The van der Waals surface area contributed by atoms with Crippen LogP contribution in [-0.4, -0.2) is 41.8 Å². The van der Waals surface area contributed by atoms with E-state index >= 15 is 0 Å². The molecule has 19 heavy (non-hydrogen) atoms. The first kappa shape index (κ1) is 15.8. The molecule has 5 nitrogen and oxygen atoms in total. The Morgan fingerprint density at radius 3 is 2.58 bits per heavy atom. The Bertz CT molecular complexity index is 322. The molecule has 110 valence electrons. The van der Waals surface area contributed by atoms with E-state index < -0.39 is 5.60 Å². The van der Waals surface area contributed by atoms with Gasteiger partial charge in [0.05, 0.1) is 6.04 Å². The highest BCUT2D eigenvalue weighted by molar-refractivity contribution is 5.70. The summed E-state index contributed by atoms with van der Waals surface area (Å²) in [6.07, 6.45) is 2.67. The summed E-state index contributed by atoms with van der Waals surface area (Å²) < 4.78 is 10.5. The van der Waals surface area contributed by atoms with E-state index in [0.29, 0.717) is 13.0 Å². The van der Waals surface area contributed by atoms with Crippen molar-refractivity contribution in [1.82, 2.24) is 4.90 Å². The molecule has 0 aromatic heterocycles. The Balaban J connectivity index is 2.45. The monoisotopic (exact) mass is 271 g/mol. The first-order chi connectivity index (χ1) is 8.83. The minimum absolute atomic E-state index is 0.0457. The highest BCUT2D eigenvalue weighted by Gasteiger charge is 2.32. The van der Waals surface area contributed by atoms with Crippen molar-refractivity contribution in [2.24, 2.45) is 0 Å². The van der Waals surface area contributed by atoms with E-state index in [2.05, 4.69) is 0 Å². The second-order valence-electron chi connectivity index (χ2n) is 5.90. The first-order valence-corrected chi connectivity index (χ1v) is 6.98. The summed E-state index contributed by atoms with van der Waals surface area (Å²) in [4.78, 5) is 25.0. The fraction of sp³-hybridized carbons (Fsp3) is 0.857. The van der Waals surface area contributed by atoms with Crippen LogP contribution < -0.4 is 0 Å². The van der Waals surface area contributed by atoms with Crippen molar-refractivity contribution in [3.05, 3.63) is 0 Å². The number of hydrogen-bond acceptors (Lipinski definition) is 4. The maximum absolute atomic E-state index is 12.0. The third kappa shape index (κ3) is 5.49. The number of likely N-dealkylation sites (tertiary alicyclic amines) is 1. The van der Waals surface area contributed by atoms with Crippen LogP contribution in [0.25, 0.3) is 0 Å². The van der Waals surface area contributed by atoms with E-state index in [1.54, 1.807) is 4.90 Å². The van der Waals surface area contributed by atoms with Crippen molar-refractivity contribution in [3.8, 4) is 0 Å². The van der Waals surface area contributed by atoms with Gasteiger partial charge in [0, 0.05) is 13.0 Å². The van der Waals surface area contributed by atoms with E-state index in [4.69, 9.17) is 9.47 Å².